The van der Waals surface area contributed by atoms with Crippen molar-refractivity contribution >= 4 is 39.2 Å². The molecule has 0 spiro atoms. The van der Waals surface area contributed by atoms with E-state index in [2.05, 4.69) is 40.9 Å². The van der Waals surface area contributed by atoms with Gasteiger partial charge < -0.3 is 14.0 Å². The van der Waals surface area contributed by atoms with Crippen LogP contribution in [0.3, 0.4) is 0 Å². The molecule has 0 bridgehead atoms. The zero-order chi connectivity index (χ0) is 19.4. The molecule has 0 unspecified atom stereocenters. The normalized spacial score (nSPS) is 11.8. The molecule has 0 radical (unpaired) electrons. The number of thiazole rings is 1. The van der Waals surface area contributed by atoms with Crippen LogP contribution in [0.5, 0.6) is 11.5 Å². The van der Waals surface area contributed by atoms with Crippen LogP contribution in [0.2, 0.25) is 0 Å². The minimum absolute atomic E-state index is 0.182. The van der Waals surface area contributed by atoms with Crippen LogP contribution >= 0.6 is 23.1 Å². The number of hydrogen-bond donors (Lipinski definition) is 0. The number of fused-ring (bicyclic) bond motifs is 1. The lowest BCUT2D eigenvalue weighted by Crippen LogP contribution is -2.16. The molecule has 0 aliphatic rings. The van der Waals surface area contributed by atoms with Gasteiger partial charge in [-0.1, -0.05) is 17.4 Å². The molecule has 7 heteroatoms. The van der Waals surface area contributed by atoms with Gasteiger partial charge >= 0.3 is 0 Å². The van der Waals surface area contributed by atoms with E-state index in [4.69, 9.17) is 9.47 Å². The highest BCUT2D eigenvalue weighted by Gasteiger charge is 2.11. The summed E-state index contributed by atoms with van der Waals surface area (Å²) < 4.78 is 13.8. The van der Waals surface area contributed by atoms with E-state index >= 15 is 0 Å². The Kier molecular flexibility index (Phi) is 6.23. The van der Waals surface area contributed by atoms with E-state index in [0.29, 0.717) is 11.5 Å². The molecule has 0 aliphatic heterocycles. The van der Waals surface area contributed by atoms with Crippen LogP contribution in [0.25, 0.3) is 10.2 Å². The van der Waals surface area contributed by atoms with Crippen molar-refractivity contribution in [2.45, 2.75) is 24.8 Å². The smallest absolute Gasteiger partial charge is 0.252 e. The second kappa shape index (κ2) is 8.63. The zero-order valence-corrected chi connectivity index (χ0v) is 17.4. The molecule has 27 heavy (non-hydrogen) atoms. The van der Waals surface area contributed by atoms with Crippen LogP contribution in [0, 0.1) is 0 Å². The maximum Gasteiger partial charge on any atom is 0.252 e. The van der Waals surface area contributed by atoms with E-state index in [0.717, 1.165) is 27.1 Å². The van der Waals surface area contributed by atoms with E-state index in [9.17, 15) is 4.79 Å². The Labute approximate surface area is 166 Å². The predicted octanol–water partition coefficient (Wildman–Crippen LogP) is 4.13. The Bertz CT molecular complexity index is 1040. The first-order chi connectivity index (χ1) is 13.1. The summed E-state index contributed by atoms with van der Waals surface area (Å²) in [7, 11) is 3.18. The van der Waals surface area contributed by atoms with Gasteiger partial charge in [-0.05, 0) is 37.4 Å². The monoisotopic (exact) mass is 402 g/mol. The van der Waals surface area contributed by atoms with Gasteiger partial charge in [0.15, 0.2) is 4.80 Å². The van der Waals surface area contributed by atoms with Crippen molar-refractivity contribution in [1.82, 2.24) is 4.57 Å². The lowest BCUT2D eigenvalue weighted by atomic mass is 10.1. The van der Waals surface area contributed by atoms with Gasteiger partial charge in [0, 0.05) is 23.1 Å². The van der Waals surface area contributed by atoms with Crippen LogP contribution in [-0.2, 0) is 17.8 Å². The molecule has 5 nitrogen and oxygen atoms in total. The second-order valence-corrected chi connectivity index (χ2v) is 7.71. The van der Waals surface area contributed by atoms with Crippen LogP contribution in [0.1, 0.15) is 12.5 Å². The lowest BCUT2D eigenvalue weighted by Gasteiger charge is -2.08. The Morgan fingerprint density at radius 1 is 1.19 bits per heavy atom. The fourth-order valence-electron chi connectivity index (χ4n) is 2.88. The van der Waals surface area contributed by atoms with Crippen molar-refractivity contribution in [2.24, 2.45) is 4.99 Å². The minimum atomic E-state index is -0.197. The van der Waals surface area contributed by atoms with E-state index < -0.39 is 0 Å². The highest BCUT2D eigenvalue weighted by molar-refractivity contribution is 7.98. The number of benzene rings is 2. The van der Waals surface area contributed by atoms with Crippen LogP contribution in [-0.4, -0.2) is 30.9 Å². The Morgan fingerprint density at radius 2 is 2.00 bits per heavy atom. The molecule has 1 amide bonds. The summed E-state index contributed by atoms with van der Waals surface area (Å²) in [6.45, 7) is 2.82. The number of methoxy groups -OCH3 is 2. The average molecular weight is 403 g/mol. The predicted molar refractivity (Wildman–Crippen MR) is 111 cm³/mol. The van der Waals surface area contributed by atoms with Gasteiger partial charge in [-0.25, -0.2) is 0 Å². The molecule has 0 aliphatic carbocycles. The van der Waals surface area contributed by atoms with Gasteiger partial charge in [-0.15, -0.1) is 11.8 Å². The maximum atomic E-state index is 12.6. The summed E-state index contributed by atoms with van der Waals surface area (Å²) in [6.07, 6.45) is 2.24. The summed E-state index contributed by atoms with van der Waals surface area (Å²) in [4.78, 5) is 18.9. The van der Waals surface area contributed by atoms with Gasteiger partial charge in [0.2, 0.25) is 0 Å². The van der Waals surface area contributed by atoms with Crippen LogP contribution in [0.4, 0.5) is 0 Å². The summed E-state index contributed by atoms with van der Waals surface area (Å²) in [5.41, 5.74) is 1.90. The molecule has 3 rings (SSSR count). The van der Waals surface area contributed by atoms with Crippen molar-refractivity contribution in [3.05, 3.63) is 46.8 Å². The number of aryl methyl sites for hydroxylation is 1. The average Bonchev–Trinajstić information content (AvgIpc) is 3.03. The highest BCUT2D eigenvalue weighted by atomic mass is 32.2. The van der Waals surface area contributed by atoms with Crippen molar-refractivity contribution < 1.29 is 14.3 Å². The number of hydrogen-bond acceptors (Lipinski definition) is 5. The SMILES string of the molecule is CCn1c(=NC(=O)Cc2ccc(OC)cc2OC)sc2cc(SC)ccc21. The van der Waals surface area contributed by atoms with Crippen molar-refractivity contribution in [3.63, 3.8) is 0 Å². The molecule has 0 saturated carbocycles. The number of rotatable bonds is 6. The van der Waals surface area contributed by atoms with Crippen molar-refractivity contribution in [2.75, 3.05) is 20.5 Å². The van der Waals surface area contributed by atoms with E-state index in [1.807, 2.05) is 12.1 Å². The second-order valence-electron chi connectivity index (χ2n) is 5.82. The topological polar surface area (TPSA) is 52.8 Å². The minimum Gasteiger partial charge on any atom is -0.497 e. The van der Waals surface area contributed by atoms with E-state index in [1.54, 1.807) is 43.4 Å². The third-order valence-corrected chi connectivity index (χ3v) is 6.03. The molecule has 3 aromatic rings. The zero-order valence-electron chi connectivity index (χ0n) is 15.8. The van der Waals surface area contributed by atoms with Crippen LogP contribution in [0.15, 0.2) is 46.3 Å². The maximum absolute atomic E-state index is 12.6. The molecular weight excluding hydrogens is 380 g/mol. The number of thioether (sulfide) groups is 1. The summed E-state index contributed by atoms with van der Waals surface area (Å²) in [5.74, 6) is 1.12. The Balaban J connectivity index is 1.95. The van der Waals surface area contributed by atoms with Gasteiger partial charge in [-0.3, -0.25) is 4.79 Å². The molecule has 0 atom stereocenters. The summed E-state index contributed by atoms with van der Waals surface area (Å²) >= 11 is 3.25. The number of amides is 1. The molecule has 0 N–H and O–H groups in total. The quantitative estimate of drug-likeness (QED) is 0.582. The number of carbonyl (C=O) groups is 1. The molecule has 0 fully saturated rings. The van der Waals surface area contributed by atoms with Crippen molar-refractivity contribution in [3.8, 4) is 11.5 Å². The van der Waals surface area contributed by atoms with Gasteiger partial charge in [-0.2, -0.15) is 4.99 Å². The Morgan fingerprint density at radius 3 is 2.67 bits per heavy atom. The fourth-order valence-corrected chi connectivity index (χ4v) is 4.54. The number of nitrogens with zero attached hydrogens (tertiary/aromatic N) is 2. The molecule has 1 heterocycles. The van der Waals surface area contributed by atoms with Crippen molar-refractivity contribution in [1.29, 1.82) is 0 Å². The molecular formula is C20H22N2O3S2. The third-order valence-electron chi connectivity index (χ3n) is 4.26. The van der Waals surface area contributed by atoms with Gasteiger partial charge in [0.1, 0.15) is 11.5 Å². The van der Waals surface area contributed by atoms with E-state index in [1.165, 1.54) is 4.90 Å². The van der Waals surface area contributed by atoms with E-state index in [-0.39, 0.29) is 12.3 Å². The molecule has 2 aromatic carbocycles. The number of ether oxygens (including phenoxy) is 2. The van der Waals surface area contributed by atoms with Gasteiger partial charge in [0.25, 0.3) is 5.91 Å². The first kappa shape index (κ1) is 19.5. The standard InChI is InChI=1S/C20H22N2O3S2/c1-5-22-16-9-8-15(26-4)12-18(16)27-20(22)21-19(23)10-13-6-7-14(24-2)11-17(13)25-3/h6-9,11-12H,5,10H2,1-4H3. The third kappa shape index (κ3) is 4.20. The summed E-state index contributed by atoms with van der Waals surface area (Å²) in [5, 5.41) is 0. The van der Waals surface area contributed by atoms with Gasteiger partial charge in [0.05, 0.1) is 30.9 Å². The fraction of sp³-hybridized carbons (Fsp3) is 0.300. The number of aromatic nitrogens is 1. The largest absolute Gasteiger partial charge is 0.497 e. The molecule has 142 valence electrons. The first-order valence-corrected chi connectivity index (χ1v) is 10.6. The number of carbonyl (C=O) groups excluding carboxylic acids is 1. The first-order valence-electron chi connectivity index (χ1n) is 8.55. The Hall–Kier alpha value is -2.25. The molecule has 1 aromatic heterocycles. The summed E-state index contributed by atoms with van der Waals surface area (Å²) in [6, 6.07) is 11.8. The lowest BCUT2D eigenvalue weighted by molar-refractivity contribution is -0.117. The highest BCUT2D eigenvalue weighted by Crippen LogP contribution is 2.26. The molecule has 0 saturated heterocycles. The van der Waals surface area contributed by atoms with Crippen LogP contribution < -0.4 is 14.3 Å².